The number of esters is 1. The lowest BCUT2D eigenvalue weighted by Crippen LogP contribution is -2.33. The maximum atomic E-state index is 12.8. The molecule has 0 fully saturated rings. The number of carbonyl (C=O) groups is 2. The van der Waals surface area contributed by atoms with Crippen LogP contribution in [0.5, 0.6) is 11.5 Å². The molecule has 0 radical (unpaired) electrons. The number of ether oxygens (including phenoxy) is 1. The topological polar surface area (TPSA) is 127 Å². The number of fused-ring (bicyclic) bond motifs is 5. The van der Waals surface area contributed by atoms with Gasteiger partial charge in [-0.05, 0) is 65.6 Å². The van der Waals surface area contributed by atoms with E-state index >= 15 is 0 Å². The molecule has 0 saturated carbocycles. The van der Waals surface area contributed by atoms with Crippen molar-refractivity contribution in [2.45, 2.75) is 51.7 Å². The summed E-state index contributed by atoms with van der Waals surface area (Å²) in [5, 5.41) is 25.3. The van der Waals surface area contributed by atoms with Gasteiger partial charge in [0.2, 0.25) is 0 Å². The molecular weight excluding hydrogens is 476 g/mol. The molecule has 2 bridgehead atoms. The molecule has 5 rings (SSSR count). The van der Waals surface area contributed by atoms with Gasteiger partial charge in [-0.3, -0.25) is 4.79 Å². The Morgan fingerprint density at radius 2 is 1.65 bits per heavy atom. The van der Waals surface area contributed by atoms with Crippen molar-refractivity contribution in [2.24, 2.45) is 0 Å². The molecule has 0 saturated heterocycles. The van der Waals surface area contributed by atoms with Gasteiger partial charge in [0.15, 0.2) is 5.75 Å². The number of nitrogens with one attached hydrogen (secondary N) is 1. The zero-order chi connectivity index (χ0) is 26.3. The maximum absolute atomic E-state index is 12.8. The largest absolute Gasteiger partial charge is 0.506 e. The van der Waals surface area contributed by atoms with Crippen LogP contribution in [0, 0.1) is 0 Å². The van der Waals surface area contributed by atoms with Crippen LogP contribution in [0.4, 0.5) is 0 Å². The van der Waals surface area contributed by atoms with Crippen LogP contribution in [0.25, 0.3) is 10.9 Å². The summed E-state index contributed by atoms with van der Waals surface area (Å²) in [6.45, 7) is 4.53. The van der Waals surface area contributed by atoms with Crippen LogP contribution < -0.4 is 20.5 Å². The Balaban J connectivity index is 1.43. The number of pyridine rings is 1. The van der Waals surface area contributed by atoms with Gasteiger partial charge in [0.1, 0.15) is 11.3 Å². The summed E-state index contributed by atoms with van der Waals surface area (Å²) in [7, 11) is 0. The number of aryl methyl sites for hydroxylation is 2. The minimum Gasteiger partial charge on any atom is -0.506 e. The van der Waals surface area contributed by atoms with E-state index in [0.717, 1.165) is 37.8 Å². The molecule has 3 aromatic rings. The Hall–Kier alpha value is -3.95. The van der Waals surface area contributed by atoms with E-state index in [-0.39, 0.29) is 29.2 Å². The summed E-state index contributed by atoms with van der Waals surface area (Å²) in [4.78, 5) is 41.9. The number of benzene rings is 2. The zero-order valence-electron chi connectivity index (χ0n) is 20.6. The SMILES string of the molecule is CCc1cc2c(cc1CC)CC(NC[C@H](O)c1ccc(O)c3c1cc1c(=O)n3OC(=O)/C=C/C(=O)O1)C2. The van der Waals surface area contributed by atoms with Gasteiger partial charge in [-0.1, -0.05) is 32.0 Å². The molecule has 2 heterocycles. The normalized spacial score (nSPS) is 16.9. The Labute approximate surface area is 212 Å². The minimum absolute atomic E-state index is 0.113. The molecule has 0 amide bonds. The smallest absolute Gasteiger partial charge is 0.356 e. The Kier molecular flexibility index (Phi) is 6.57. The van der Waals surface area contributed by atoms with Crippen molar-refractivity contribution >= 4 is 22.8 Å². The molecular formula is C28H28N2O7. The highest BCUT2D eigenvalue weighted by atomic mass is 16.7. The van der Waals surface area contributed by atoms with Gasteiger partial charge in [0.25, 0.3) is 0 Å². The van der Waals surface area contributed by atoms with Crippen molar-refractivity contribution in [1.29, 1.82) is 0 Å². The lowest BCUT2D eigenvalue weighted by Gasteiger charge is -2.19. The number of nitrogens with zero attached hydrogens (tertiary/aromatic N) is 1. The number of hydrogen-bond acceptors (Lipinski definition) is 8. The number of carbonyl (C=O) groups excluding carboxylic acids is 2. The molecule has 3 N–H and O–H groups in total. The van der Waals surface area contributed by atoms with E-state index in [2.05, 4.69) is 31.3 Å². The molecule has 0 spiro atoms. The second-order valence-corrected chi connectivity index (χ2v) is 9.34. The summed E-state index contributed by atoms with van der Waals surface area (Å²) in [6, 6.07) is 8.85. The second-order valence-electron chi connectivity index (χ2n) is 9.34. The summed E-state index contributed by atoms with van der Waals surface area (Å²) < 4.78 is 5.66. The monoisotopic (exact) mass is 504 g/mol. The van der Waals surface area contributed by atoms with Crippen molar-refractivity contribution in [3.05, 3.63) is 80.7 Å². The molecule has 9 heteroatoms. The summed E-state index contributed by atoms with van der Waals surface area (Å²) in [5.41, 5.74) is 4.73. The molecule has 2 aromatic carbocycles. The van der Waals surface area contributed by atoms with Crippen LogP contribution in [-0.2, 0) is 35.3 Å². The summed E-state index contributed by atoms with van der Waals surface area (Å²) >= 11 is 0. The van der Waals surface area contributed by atoms with Crippen LogP contribution >= 0.6 is 0 Å². The highest BCUT2D eigenvalue weighted by Crippen LogP contribution is 2.33. The first kappa shape index (κ1) is 24.7. The standard InChI is InChI=1S/C28H28N2O7/c1-3-15-9-17-11-19(12-18(17)10-16(15)4-2)29-14-23(32)20-5-6-22(31)27-21(20)13-24-28(35)30(27)37-26(34)8-7-25(33)36-24/h5-10,13,19,23,29,31-32H,3-4,11-12,14H2,1-2H3/b8-7+/t23-/m0/s1. The molecule has 9 nitrogen and oxygen atoms in total. The molecule has 1 aliphatic carbocycles. The average Bonchev–Trinajstić information content (AvgIpc) is 3.29. The zero-order valence-corrected chi connectivity index (χ0v) is 20.6. The Morgan fingerprint density at radius 1 is 1.00 bits per heavy atom. The lowest BCUT2D eigenvalue weighted by molar-refractivity contribution is -0.138. The van der Waals surface area contributed by atoms with Gasteiger partial charge in [-0.25, -0.2) is 9.59 Å². The molecule has 37 heavy (non-hydrogen) atoms. The van der Waals surface area contributed by atoms with Gasteiger partial charge in [-0.15, -0.1) is 4.73 Å². The van der Waals surface area contributed by atoms with Crippen LogP contribution in [0.15, 0.2) is 47.3 Å². The van der Waals surface area contributed by atoms with Crippen LogP contribution in [0.3, 0.4) is 0 Å². The first-order valence-corrected chi connectivity index (χ1v) is 12.4. The molecule has 2 aliphatic rings. The molecule has 0 unspecified atom stereocenters. The highest BCUT2D eigenvalue weighted by molar-refractivity contribution is 5.95. The number of aliphatic hydroxyl groups excluding tert-OH is 1. The number of phenols is 1. The van der Waals surface area contributed by atoms with E-state index in [4.69, 9.17) is 9.57 Å². The first-order valence-electron chi connectivity index (χ1n) is 12.4. The van der Waals surface area contributed by atoms with E-state index in [1.54, 1.807) is 0 Å². The number of rotatable bonds is 6. The average molecular weight is 505 g/mol. The minimum atomic E-state index is -1.03. The summed E-state index contributed by atoms with van der Waals surface area (Å²) in [5.74, 6) is -2.66. The van der Waals surface area contributed by atoms with E-state index in [1.165, 1.54) is 40.5 Å². The fraction of sp³-hybridized carbons (Fsp3) is 0.321. The number of aromatic nitrogens is 1. The van der Waals surface area contributed by atoms with Gasteiger partial charge >= 0.3 is 17.5 Å². The number of aliphatic hydroxyl groups is 1. The fourth-order valence-electron chi connectivity index (χ4n) is 5.19. The van der Waals surface area contributed by atoms with Crippen LogP contribution in [0.2, 0.25) is 0 Å². The van der Waals surface area contributed by atoms with Gasteiger partial charge in [-0.2, -0.15) is 0 Å². The van der Waals surface area contributed by atoms with Crippen molar-refractivity contribution in [2.75, 3.05) is 6.54 Å². The van der Waals surface area contributed by atoms with Crippen LogP contribution in [-0.4, -0.2) is 39.5 Å². The van der Waals surface area contributed by atoms with Gasteiger partial charge in [0, 0.05) is 30.1 Å². The first-order chi connectivity index (χ1) is 17.8. The second kappa shape index (κ2) is 9.84. The van der Waals surface area contributed by atoms with Crippen molar-refractivity contribution in [3.8, 4) is 11.5 Å². The fourth-order valence-corrected chi connectivity index (χ4v) is 5.19. The predicted octanol–water partition coefficient (Wildman–Crippen LogP) is 2.05. The molecule has 192 valence electrons. The van der Waals surface area contributed by atoms with E-state index in [1.807, 2.05) is 0 Å². The third kappa shape index (κ3) is 4.63. The van der Waals surface area contributed by atoms with E-state index < -0.39 is 29.4 Å². The molecule has 1 aliphatic heterocycles. The van der Waals surface area contributed by atoms with Gasteiger partial charge in [0.05, 0.1) is 6.10 Å². The van der Waals surface area contributed by atoms with Crippen molar-refractivity contribution in [1.82, 2.24) is 10.0 Å². The maximum Gasteiger partial charge on any atom is 0.356 e. The molecule has 1 atom stereocenters. The van der Waals surface area contributed by atoms with E-state index in [0.29, 0.717) is 10.3 Å². The third-order valence-electron chi connectivity index (χ3n) is 7.03. The Bertz CT molecular complexity index is 1470. The van der Waals surface area contributed by atoms with Crippen molar-refractivity contribution in [3.63, 3.8) is 0 Å². The number of hydrogen-bond donors (Lipinski definition) is 3. The summed E-state index contributed by atoms with van der Waals surface area (Å²) in [6.07, 6.45) is 4.34. The number of aromatic hydroxyl groups is 1. The highest BCUT2D eigenvalue weighted by Gasteiger charge is 2.26. The molecule has 1 aromatic heterocycles. The van der Waals surface area contributed by atoms with Crippen LogP contribution in [0.1, 0.15) is 47.8 Å². The number of phenolic OH excluding ortho intramolecular Hbond substituents is 1. The van der Waals surface area contributed by atoms with Crippen molar-refractivity contribution < 1.29 is 29.4 Å². The Morgan fingerprint density at radius 3 is 2.30 bits per heavy atom. The van der Waals surface area contributed by atoms with Gasteiger partial charge < -0.3 is 25.1 Å². The quantitative estimate of drug-likeness (QED) is 0.436. The third-order valence-corrected chi connectivity index (χ3v) is 7.03. The van der Waals surface area contributed by atoms with E-state index in [9.17, 15) is 24.6 Å². The predicted molar refractivity (Wildman–Crippen MR) is 136 cm³/mol. The lowest BCUT2D eigenvalue weighted by atomic mass is 9.97.